The van der Waals surface area contributed by atoms with Crippen LogP contribution >= 0.6 is 0 Å². The molecule has 0 radical (unpaired) electrons. The van der Waals surface area contributed by atoms with Crippen LogP contribution < -0.4 is 0 Å². The molecule has 1 rings (SSSR count). The minimum absolute atomic E-state index is 0.0537. The topological polar surface area (TPSA) is 46.5 Å². The number of hydrogen-bond acceptors (Lipinski definition) is 3. The number of rotatable bonds is 5. The molecule has 0 atom stereocenters. The zero-order valence-electron chi connectivity index (χ0n) is 9.80. The maximum absolute atomic E-state index is 11.5. The van der Waals surface area contributed by atoms with Crippen molar-refractivity contribution in [2.24, 2.45) is 0 Å². The number of allylic oxidation sites excluding steroid dienone is 3. The number of hydrogen-bond donors (Lipinski definition) is 1. The van der Waals surface area contributed by atoms with Crippen LogP contribution in [0.2, 0.25) is 0 Å². The van der Waals surface area contributed by atoms with Gasteiger partial charge in [0.15, 0.2) is 0 Å². The molecule has 0 aliphatic rings. The fourth-order valence-corrected chi connectivity index (χ4v) is 1.23. The standard InChI is InChI=1S/C14H16O3/c1-2-3-4-5-8-11-17-14(16)12-9-6-7-10-13(12)15/h2-7,9-10,15H,8,11H2,1H3/b3-2+,5-4+. The highest BCUT2D eigenvalue weighted by molar-refractivity contribution is 5.92. The summed E-state index contributed by atoms with van der Waals surface area (Å²) in [6.07, 6.45) is 8.30. The second kappa shape index (κ2) is 7.28. The number of phenols is 1. The summed E-state index contributed by atoms with van der Waals surface area (Å²) in [7, 11) is 0. The van der Waals surface area contributed by atoms with Gasteiger partial charge in [0, 0.05) is 0 Å². The molecule has 0 fully saturated rings. The smallest absolute Gasteiger partial charge is 0.341 e. The fraction of sp³-hybridized carbons (Fsp3) is 0.214. The van der Waals surface area contributed by atoms with Gasteiger partial charge in [-0.05, 0) is 25.5 Å². The molecule has 0 aliphatic carbocycles. The molecule has 1 aromatic rings. The molecule has 0 bridgehead atoms. The molecule has 17 heavy (non-hydrogen) atoms. The quantitative estimate of drug-likeness (QED) is 0.482. The van der Waals surface area contributed by atoms with Crippen molar-refractivity contribution in [3.8, 4) is 5.75 Å². The lowest BCUT2D eigenvalue weighted by Gasteiger charge is -2.04. The van der Waals surface area contributed by atoms with E-state index in [1.165, 1.54) is 12.1 Å². The number of phenolic OH excluding ortho intramolecular Hbond substituents is 1. The van der Waals surface area contributed by atoms with Gasteiger partial charge in [-0.2, -0.15) is 0 Å². The molecule has 0 saturated carbocycles. The first-order chi connectivity index (χ1) is 8.25. The van der Waals surface area contributed by atoms with E-state index < -0.39 is 5.97 Å². The van der Waals surface area contributed by atoms with Crippen LogP contribution in [0.15, 0.2) is 48.6 Å². The van der Waals surface area contributed by atoms with E-state index in [9.17, 15) is 9.90 Å². The summed E-state index contributed by atoms with van der Waals surface area (Å²) in [5, 5.41) is 9.43. The van der Waals surface area contributed by atoms with Crippen molar-refractivity contribution in [1.82, 2.24) is 0 Å². The highest BCUT2D eigenvalue weighted by atomic mass is 16.5. The molecule has 0 amide bonds. The van der Waals surface area contributed by atoms with E-state index in [0.717, 1.165) is 0 Å². The Morgan fingerprint density at radius 2 is 2.12 bits per heavy atom. The van der Waals surface area contributed by atoms with E-state index in [2.05, 4.69) is 0 Å². The highest BCUT2D eigenvalue weighted by Gasteiger charge is 2.10. The van der Waals surface area contributed by atoms with Gasteiger partial charge in [-0.1, -0.05) is 36.4 Å². The lowest BCUT2D eigenvalue weighted by atomic mass is 10.2. The summed E-state index contributed by atoms with van der Waals surface area (Å²) < 4.78 is 5.01. The van der Waals surface area contributed by atoms with Crippen LogP contribution in [0.1, 0.15) is 23.7 Å². The number of para-hydroxylation sites is 1. The molecule has 0 saturated heterocycles. The van der Waals surface area contributed by atoms with Gasteiger partial charge >= 0.3 is 5.97 Å². The van der Waals surface area contributed by atoms with Crippen LogP contribution in [0.25, 0.3) is 0 Å². The minimum atomic E-state index is -0.498. The predicted octanol–water partition coefficient (Wildman–Crippen LogP) is 3.07. The second-order valence-corrected chi connectivity index (χ2v) is 3.40. The van der Waals surface area contributed by atoms with Gasteiger partial charge in [0.1, 0.15) is 11.3 Å². The monoisotopic (exact) mass is 232 g/mol. The Morgan fingerprint density at radius 3 is 2.82 bits per heavy atom. The van der Waals surface area contributed by atoms with Gasteiger partial charge in [0.05, 0.1) is 6.61 Å². The third kappa shape index (κ3) is 4.55. The Labute approximate surface area is 101 Å². The molecule has 1 N–H and O–H groups in total. The molecule has 3 nitrogen and oxygen atoms in total. The van der Waals surface area contributed by atoms with Crippen LogP contribution in [-0.4, -0.2) is 17.7 Å². The molecular formula is C14H16O3. The van der Waals surface area contributed by atoms with Crippen LogP contribution in [0.4, 0.5) is 0 Å². The molecule has 0 unspecified atom stereocenters. The summed E-state index contributed by atoms with van der Waals surface area (Å²) in [5.41, 5.74) is 0.199. The summed E-state index contributed by atoms with van der Waals surface area (Å²) in [6.45, 7) is 2.24. The third-order valence-electron chi connectivity index (χ3n) is 2.08. The summed E-state index contributed by atoms with van der Waals surface area (Å²) >= 11 is 0. The molecule has 3 heteroatoms. The Kier molecular flexibility index (Phi) is 5.58. The Balaban J connectivity index is 2.38. The van der Waals surface area contributed by atoms with Crippen LogP contribution in [0.3, 0.4) is 0 Å². The number of ether oxygens (including phenoxy) is 1. The molecular weight excluding hydrogens is 216 g/mol. The SMILES string of the molecule is C/C=C/C=C/CCOC(=O)c1ccccc1O. The highest BCUT2D eigenvalue weighted by Crippen LogP contribution is 2.16. The second-order valence-electron chi connectivity index (χ2n) is 3.40. The zero-order chi connectivity index (χ0) is 12.5. The number of carbonyl (C=O) groups excluding carboxylic acids is 1. The maximum Gasteiger partial charge on any atom is 0.341 e. The number of benzene rings is 1. The van der Waals surface area contributed by atoms with Gasteiger partial charge in [-0.15, -0.1) is 0 Å². The summed E-state index contributed by atoms with van der Waals surface area (Å²) in [5.74, 6) is -0.551. The Hall–Kier alpha value is -2.03. The maximum atomic E-state index is 11.5. The largest absolute Gasteiger partial charge is 0.507 e. The van der Waals surface area contributed by atoms with E-state index >= 15 is 0 Å². The van der Waals surface area contributed by atoms with Gasteiger partial charge in [-0.25, -0.2) is 4.79 Å². The first-order valence-corrected chi connectivity index (χ1v) is 5.48. The first-order valence-electron chi connectivity index (χ1n) is 5.48. The van der Waals surface area contributed by atoms with E-state index in [1.807, 2.05) is 31.2 Å². The van der Waals surface area contributed by atoms with Crippen LogP contribution in [0, 0.1) is 0 Å². The normalized spacial score (nSPS) is 11.1. The molecule has 1 aromatic carbocycles. The molecule has 0 aliphatic heterocycles. The van der Waals surface area contributed by atoms with Crippen molar-refractivity contribution in [2.75, 3.05) is 6.61 Å². The van der Waals surface area contributed by atoms with Gasteiger partial charge in [0.25, 0.3) is 0 Å². The molecule has 0 spiro atoms. The van der Waals surface area contributed by atoms with Crippen molar-refractivity contribution >= 4 is 5.97 Å². The van der Waals surface area contributed by atoms with Crippen molar-refractivity contribution in [1.29, 1.82) is 0 Å². The van der Waals surface area contributed by atoms with Crippen molar-refractivity contribution in [3.05, 3.63) is 54.1 Å². The predicted molar refractivity (Wildman–Crippen MR) is 67.0 cm³/mol. The number of esters is 1. The molecule has 90 valence electrons. The number of aromatic hydroxyl groups is 1. The third-order valence-corrected chi connectivity index (χ3v) is 2.08. The Bertz CT molecular complexity index is 419. The minimum Gasteiger partial charge on any atom is -0.507 e. The fourth-order valence-electron chi connectivity index (χ4n) is 1.23. The van der Waals surface area contributed by atoms with Gasteiger partial charge < -0.3 is 9.84 Å². The van der Waals surface area contributed by atoms with E-state index in [-0.39, 0.29) is 11.3 Å². The van der Waals surface area contributed by atoms with Crippen LogP contribution in [0.5, 0.6) is 5.75 Å². The number of carbonyl (C=O) groups is 1. The lowest BCUT2D eigenvalue weighted by molar-refractivity contribution is 0.0508. The van der Waals surface area contributed by atoms with Crippen molar-refractivity contribution in [2.45, 2.75) is 13.3 Å². The Morgan fingerprint density at radius 1 is 1.35 bits per heavy atom. The summed E-state index contributed by atoms with van der Waals surface area (Å²) in [6, 6.07) is 6.34. The average molecular weight is 232 g/mol. The summed E-state index contributed by atoms with van der Waals surface area (Å²) in [4.78, 5) is 11.5. The first kappa shape index (κ1) is 13.0. The molecule has 0 aromatic heterocycles. The lowest BCUT2D eigenvalue weighted by Crippen LogP contribution is -2.06. The average Bonchev–Trinajstić information content (AvgIpc) is 2.34. The van der Waals surface area contributed by atoms with E-state index in [4.69, 9.17) is 4.74 Å². The van der Waals surface area contributed by atoms with Gasteiger partial charge in [0.2, 0.25) is 0 Å². The van der Waals surface area contributed by atoms with Crippen molar-refractivity contribution in [3.63, 3.8) is 0 Å². The van der Waals surface area contributed by atoms with E-state index in [1.54, 1.807) is 12.1 Å². The van der Waals surface area contributed by atoms with Crippen molar-refractivity contribution < 1.29 is 14.6 Å². The van der Waals surface area contributed by atoms with Crippen LogP contribution in [-0.2, 0) is 4.74 Å². The molecule has 0 heterocycles. The van der Waals surface area contributed by atoms with Gasteiger partial charge in [-0.3, -0.25) is 0 Å². The van der Waals surface area contributed by atoms with E-state index in [0.29, 0.717) is 13.0 Å². The zero-order valence-corrected chi connectivity index (χ0v) is 9.80.